The number of nitrogens with one attached hydrogen (secondary N) is 1. The molecule has 8 nitrogen and oxygen atoms in total. The molecule has 3 aromatic carbocycles. The highest BCUT2D eigenvalue weighted by Crippen LogP contribution is 2.48. The van der Waals surface area contributed by atoms with Crippen molar-refractivity contribution in [3.8, 4) is 5.75 Å². The maximum Gasteiger partial charge on any atom is 0.311 e. The molecule has 4 unspecified atom stereocenters. The van der Waals surface area contributed by atoms with Gasteiger partial charge in [0.25, 0.3) is 0 Å². The zero-order valence-corrected chi connectivity index (χ0v) is 22.4. The zero-order valence-electron chi connectivity index (χ0n) is 21.6. The summed E-state index contributed by atoms with van der Waals surface area (Å²) in [6.45, 7) is 3.76. The highest BCUT2D eigenvalue weighted by Gasteiger charge is 2.58. The Bertz CT molecular complexity index is 1350. The first kappa shape index (κ1) is 27.3. The van der Waals surface area contributed by atoms with E-state index in [-0.39, 0.29) is 18.0 Å². The van der Waals surface area contributed by atoms with Crippen molar-refractivity contribution in [1.29, 1.82) is 0 Å². The normalized spacial score (nSPS) is 21.6. The van der Waals surface area contributed by atoms with Crippen LogP contribution in [0.1, 0.15) is 31.0 Å². The molecule has 1 fully saturated rings. The number of methoxy groups -OCH3 is 1. The first-order chi connectivity index (χ1) is 18.3. The summed E-state index contributed by atoms with van der Waals surface area (Å²) in [6.07, 6.45) is 0. The Kier molecular flexibility index (Phi) is 8.48. The van der Waals surface area contributed by atoms with Crippen LogP contribution in [-0.4, -0.2) is 44.4 Å². The number of ether oxygens (including phenoxy) is 2. The average Bonchev–Trinajstić information content (AvgIpc) is 3.27. The van der Waals surface area contributed by atoms with Gasteiger partial charge in [0.15, 0.2) is 0 Å². The molecule has 0 aliphatic carbocycles. The maximum absolute atomic E-state index is 14.1. The summed E-state index contributed by atoms with van der Waals surface area (Å²) >= 11 is 0. The fourth-order valence-corrected chi connectivity index (χ4v) is 6.92. The van der Waals surface area contributed by atoms with E-state index in [9.17, 15) is 18.0 Å². The molecule has 1 aliphatic heterocycles. The topological polar surface area (TPSA) is 102 Å². The van der Waals surface area contributed by atoms with E-state index in [0.717, 1.165) is 5.56 Å². The molecule has 38 heavy (non-hydrogen) atoms. The monoisotopic (exact) mass is 536 g/mol. The third-order valence-electron chi connectivity index (χ3n) is 6.87. The van der Waals surface area contributed by atoms with E-state index in [2.05, 4.69) is 5.32 Å². The van der Waals surface area contributed by atoms with Crippen molar-refractivity contribution in [2.75, 3.05) is 13.7 Å². The van der Waals surface area contributed by atoms with Crippen LogP contribution in [0.4, 0.5) is 0 Å². The SMILES string of the molecule is CCOC(=O)C1C(C)C(C(=O)NCc2ccc(OC)cc2)N(S(=O)(=O)c2ccccc2)C1c1ccccc1. The predicted octanol–water partition coefficient (Wildman–Crippen LogP) is 3.94. The molecule has 0 spiro atoms. The molecule has 0 radical (unpaired) electrons. The lowest BCUT2D eigenvalue weighted by Gasteiger charge is -2.30. The molecular formula is C29H32N2O6S. The molecule has 0 bridgehead atoms. The molecule has 3 aromatic rings. The number of hydrogen-bond acceptors (Lipinski definition) is 6. The first-order valence-electron chi connectivity index (χ1n) is 12.5. The van der Waals surface area contributed by atoms with Gasteiger partial charge in [0.2, 0.25) is 15.9 Å². The molecule has 200 valence electrons. The third-order valence-corrected chi connectivity index (χ3v) is 8.74. The maximum atomic E-state index is 14.1. The van der Waals surface area contributed by atoms with Gasteiger partial charge in [0.1, 0.15) is 11.8 Å². The molecule has 1 N–H and O–H groups in total. The second kappa shape index (κ2) is 11.8. The Labute approximate surface area is 223 Å². The van der Waals surface area contributed by atoms with Gasteiger partial charge in [-0.2, -0.15) is 4.31 Å². The Morgan fingerprint density at radius 3 is 2.11 bits per heavy atom. The molecule has 1 aliphatic rings. The average molecular weight is 537 g/mol. The van der Waals surface area contributed by atoms with Crippen LogP contribution in [0.25, 0.3) is 0 Å². The summed E-state index contributed by atoms with van der Waals surface area (Å²) in [5.41, 5.74) is 1.44. The number of amides is 1. The quantitative estimate of drug-likeness (QED) is 0.416. The van der Waals surface area contributed by atoms with Crippen molar-refractivity contribution >= 4 is 21.9 Å². The van der Waals surface area contributed by atoms with E-state index in [4.69, 9.17) is 9.47 Å². The number of nitrogens with zero attached hydrogens (tertiary/aromatic N) is 1. The predicted molar refractivity (Wildman–Crippen MR) is 143 cm³/mol. The van der Waals surface area contributed by atoms with Crippen molar-refractivity contribution in [3.63, 3.8) is 0 Å². The Morgan fingerprint density at radius 1 is 0.921 bits per heavy atom. The number of rotatable bonds is 9. The van der Waals surface area contributed by atoms with Crippen LogP contribution in [0, 0.1) is 11.8 Å². The number of sulfonamides is 1. The molecule has 0 saturated carbocycles. The van der Waals surface area contributed by atoms with Crippen LogP contribution in [0.3, 0.4) is 0 Å². The van der Waals surface area contributed by atoms with E-state index in [1.807, 2.05) is 18.2 Å². The van der Waals surface area contributed by atoms with E-state index in [1.165, 1.54) is 16.4 Å². The van der Waals surface area contributed by atoms with Gasteiger partial charge < -0.3 is 14.8 Å². The molecule has 4 rings (SSSR count). The molecule has 1 amide bonds. The first-order valence-corrected chi connectivity index (χ1v) is 13.9. The van der Waals surface area contributed by atoms with E-state index in [0.29, 0.717) is 11.3 Å². The lowest BCUT2D eigenvalue weighted by Crippen LogP contribution is -2.48. The molecule has 0 aromatic heterocycles. The third kappa shape index (κ3) is 5.44. The summed E-state index contributed by atoms with van der Waals surface area (Å²) < 4.78 is 40.0. The van der Waals surface area contributed by atoms with E-state index >= 15 is 0 Å². The summed E-state index contributed by atoms with van der Waals surface area (Å²) in [6, 6.07) is 22.1. The van der Waals surface area contributed by atoms with Gasteiger partial charge in [-0.15, -0.1) is 0 Å². The minimum atomic E-state index is -4.19. The number of hydrogen-bond donors (Lipinski definition) is 1. The second-order valence-corrected chi connectivity index (χ2v) is 11.0. The van der Waals surface area contributed by atoms with Gasteiger partial charge >= 0.3 is 5.97 Å². The summed E-state index contributed by atoms with van der Waals surface area (Å²) in [7, 11) is -2.62. The summed E-state index contributed by atoms with van der Waals surface area (Å²) in [5.74, 6) is -1.87. The number of carbonyl (C=O) groups excluding carboxylic acids is 2. The van der Waals surface area contributed by atoms with Crippen LogP contribution in [0.2, 0.25) is 0 Å². The lowest BCUT2D eigenvalue weighted by molar-refractivity contribution is -0.150. The lowest BCUT2D eigenvalue weighted by atomic mass is 9.85. The largest absolute Gasteiger partial charge is 0.497 e. The number of benzene rings is 3. The summed E-state index contributed by atoms with van der Waals surface area (Å²) in [5, 5.41) is 2.89. The molecule has 1 heterocycles. The fraction of sp³-hybridized carbons (Fsp3) is 0.310. The van der Waals surface area contributed by atoms with Crippen molar-refractivity contribution in [2.45, 2.75) is 37.4 Å². The molecular weight excluding hydrogens is 504 g/mol. The van der Waals surface area contributed by atoms with Crippen LogP contribution >= 0.6 is 0 Å². The minimum Gasteiger partial charge on any atom is -0.497 e. The zero-order chi connectivity index (χ0) is 27.3. The van der Waals surface area contributed by atoms with Crippen molar-refractivity contribution in [2.24, 2.45) is 11.8 Å². The second-order valence-electron chi connectivity index (χ2n) is 9.15. The minimum absolute atomic E-state index is 0.0468. The van der Waals surface area contributed by atoms with Gasteiger partial charge in [0.05, 0.1) is 30.6 Å². The molecule has 9 heteroatoms. The van der Waals surface area contributed by atoms with Crippen molar-refractivity contribution in [3.05, 3.63) is 96.1 Å². The van der Waals surface area contributed by atoms with Crippen molar-refractivity contribution in [1.82, 2.24) is 9.62 Å². The van der Waals surface area contributed by atoms with Gasteiger partial charge in [0, 0.05) is 6.54 Å². The Hall–Kier alpha value is -3.69. The van der Waals surface area contributed by atoms with Gasteiger partial charge in [-0.05, 0) is 48.2 Å². The molecule has 1 saturated heterocycles. The van der Waals surface area contributed by atoms with E-state index in [1.54, 1.807) is 75.6 Å². The van der Waals surface area contributed by atoms with Gasteiger partial charge in [-0.1, -0.05) is 67.6 Å². The van der Waals surface area contributed by atoms with Gasteiger partial charge in [-0.3, -0.25) is 9.59 Å². The summed E-state index contributed by atoms with van der Waals surface area (Å²) in [4.78, 5) is 27.1. The van der Waals surface area contributed by atoms with E-state index < -0.39 is 45.8 Å². The highest BCUT2D eigenvalue weighted by molar-refractivity contribution is 7.89. The van der Waals surface area contributed by atoms with Gasteiger partial charge in [-0.25, -0.2) is 8.42 Å². The van der Waals surface area contributed by atoms with Crippen LogP contribution in [-0.2, 0) is 30.9 Å². The smallest absolute Gasteiger partial charge is 0.311 e. The standard InChI is InChI=1S/C29H32N2O6S/c1-4-37-29(33)25-20(2)26(28(32)30-19-21-15-17-23(36-3)18-16-21)31(27(25)22-11-7-5-8-12-22)38(34,35)24-13-9-6-10-14-24/h5-18,20,25-27H,4,19H2,1-3H3,(H,30,32). The van der Waals surface area contributed by atoms with Crippen molar-refractivity contribution < 1.29 is 27.5 Å². The van der Waals surface area contributed by atoms with Crippen LogP contribution in [0.5, 0.6) is 5.75 Å². The number of carbonyl (C=O) groups is 2. The fourth-order valence-electron chi connectivity index (χ4n) is 5.04. The Morgan fingerprint density at radius 2 is 1.53 bits per heavy atom. The highest BCUT2D eigenvalue weighted by atomic mass is 32.2. The molecule has 4 atom stereocenters. The van der Waals surface area contributed by atoms with Crippen LogP contribution in [0.15, 0.2) is 89.8 Å². The Balaban J connectivity index is 1.78. The van der Waals surface area contributed by atoms with Crippen LogP contribution < -0.4 is 10.1 Å². The number of esters is 1.